The van der Waals surface area contributed by atoms with Crippen LogP contribution >= 0.6 is 22.6 Å². The molecule has 0 unspecified atom stereocenters. The quantitative estimate of drug-likeness (QED) is 0.272. The molecule has 7 heteroatoms. The van der Waals surface area contributed by atoms with Gasteiger partial charge in [-0.05, 0) is 59.0 Å². The second-order valence-corrected chi connectivity index (χ2v) is 7.54. The van der Waals surface area contributed by atoms with Gasteiger partial charge in [-0.1, -0.05) is 36.4 Å². The van der Waals surface area contributed by atoms with E-state index in [0.29, 0.717) is 20.3 Å². The molecule has 3 aromatic carbocycles. The minimum atomic E-state index is -0.443. The van der Waals surface area contributed by atoms with E-state index in [4.69, 9.17) is 9.15 Å². The number of ether oxygens (including phenoxy) is 2. The van der Waals surface area contributed by atoms with Crippen LogP contribution in [0.25, 0.3) is 22.3 Å². The molecule has 0 atom stereocenters. The highest BCUT2D eigenvalue weighted by Gasteiger charge is 2.10. The number of carbonyl (C=O) groups excluding carboxylic acids is 2. The first-order valence-electron chi connectivity index (χ1n) is 9.17. The van der Waals surface area contributed by atoms with Crippen molar-refractivity contribution >= 4 is 45.5 Å². The highest BCUT2D eigenvalue weighted by molar-refractivity contribution is 14.1. The largest absolute Gasteiger partial charge is 0.507 e. The van der Waals surface area contributed by atoms with Gasteiger partial charge in [0.15, 0.2) is 0 Å². The lowest BCUT2D eigenvalue weighted by Crippen LogP contribution is -2.00. The molecule has 158 valence electrons. The summed E-state index contributed by atoms with van der Waals surface area (Å²) < 4.78 is 15.7. The van der Waals surface area contributed by atoms with Crippen LogP contribution in [0.3, 0.4) is 0 Å². The van der Waals surface area contributed by atoms with Gasteiger partial charge in [0.2, 0.25) is 0 Å². The fourth-order valence-corrected chi connectivity index (χ4v) is 3.11. The SMILES string of the molecule is COC(=O)c1ccc(I)c(O)c1.COC(=O)c1ccc2cc(-c3ccccc3)oc2c1. The van der Waals surface area contributed by atoms with Crippen LogP contribution in [-0.4, -0.2) is 31.3 Å². The molecule has 0 saturated heterocycles. The summed E-state index contributed by atoms with van der Waals surface area (Å²) >= 11 is 1.97. The van der Waals surface area contributed by atoms with Gasteiger partial charge in [-0.3, -0.25) is 0 Å². The predicted molar refractivity (Wildman–Crippen MR) is 125 cm³/mol. The van der Waals surface area contributed by atoms with Crippen LogP contribution in [0.15, 0.2) is 77.2 Å². The molecular formula is C24H19IO6. The van der Waals surface area contributed by atoms with E-state index in [1.54, 1.807) is 24.3 Å². The van der Waals surface area contributed by atoms with Gasteiger partial charge in [-0.15, -0.1) is 0 Å². The minimum Gasteiger partial charge on any atom is -0.507 e. The number of phenols is 1. The molecule has 0 aliphatic carbocycles. The maximum Gasteiger partial charge on any atom is 0.337 e. The molecule has 0 aliphatic rings. The summed E-state index contributed by atoms with van der Waals surface area (Å²) in [4.78, 5) is 22.4. The van der Waals surface area contributed by atoms with E-state index in [-0.39, 0.29) is 11.7 Å². The number of benzene rings is 3. The summed E-state index contributed by atoms with van der Waals surface area (Å²) in [6.45, 7) is 0. The average Bonchev–Trinajstić information content (AvgIpc) is 3.24. The van der Waals surface area contributed by atoms with Crippen LogP contribution in [0.1, 0.15) is 20.7 Å². The number of furan rings is 1. The van der Waals surface area contributed by atoms with Crippen molar-refractivity contribution in [1.29, 1.82) is 0 Å². The summed E-state index contributed by atoms with van der Waals surface area (Å²) in [6, 6.07) is 21.8. The van der Waals surface area contributed by atoms with Gasteiger partial charge in [0.1, 0.15) is 17.1 Å². The summed E-state index contributed by atoms with van der Waals surface area (Å²) in [5.41, 5.74) is 2.54. The van der Waals surface area contributed by atoms with E-state index < -0.39 is 5.97 Å². The Balaban J connectivity index is 0.000000196. The summed E-state index contributed by atoms with van der Waals surface area (Å²) in [6.07, 6.45) is 0. The Morgan fingerprint density at radius 2 is 1.45 bits per heavy atom. The Morgan fingerprint density at radius 1 is 0.839 bits per heavy atom. The normalized spacial score (nSPS) is 10.2. The molecule has 0 amide bonds. The number of fused-ring (bicyclic) bond motifs is 1. The van der Waals surface area contributed by atoms with Gasteiger partial charge in [0.05, 0.1) is 28.9 Å². The minimum absolute atomic E-state index is 0.0958. The van der Waals surface area contributed by atoms with E-state index in [2.05, 4.69) is 4.74 Å². The van der Waals surface area contributed by atoms with E-state index in [1.165, 1.54) is 20.3 Å². The number of halogens is 1. The fraction of sp³-hybridized carbons (Fsp3) is 0.0833. The third kappa shape index (κ3) is 5.43. The lowest BCUT2D eigenvalue weighted by Gasteiger charge is -2.00. The number of carbonyl (C=O) groups is 2. The van der Waals surface area contributed by atoms with Crippen LogP contribution in [0.5, 0.6) is 5.75 Å². The van der Waals surface area contributed by atoms with E-state index >= 15 is 0 Å². The molecular weight excluding hydrogens is 511 g/mol. The number of hydrogen-bond donors (Lipinski definition) is 1. The summed E-state index contributed by atoms with van der Waals surface area (Å²) in [5.74, 6) is 0.0809. The third-order valence-electron chi connectivity index (χ3n) is 4.37. The van der Waals surface area contributed by atoms with Crippen molar-refractivity contribution in [3.63, 3.8) is 0 Å². The number of aromatic hydroxyl groups is 1. The molecule has 0 spiro atoms. The van der Waals surface area contributed by atoms with Gasteiger partial charge < -0.3 is 19.0 Å². The average molecular weight is 530 g/mol. The Kier molecular flexibility index (Phi) is 7.30. The van der Waals surface area contributed by atoms with E-state index in [0.717, 1.165) is 16.7 Å². The topological polar surface area (TPSA) is 86.0 Å². The van der Waals surface area contributed by atoms with Crippen molar-refractivity contribution in [1.82, 2.24) is 0 Å². The fourth-order valence-electron chi connectivity index (χ4n) is 2.78. The van der Waals surface area contributed by atoms with Crippen molar-refractivity contribution in [3.8, 4) is 17.1 Å². The number of rotatable bonds is 3. The van der Waals surface area contributed by atoms with Gasteiger partial charge in [-0.2, -0.15) is 0 Å². The van der Waals surface area contributed by atoms with Crippen LogP contribution in [0.2, 0.25) is 0 Å². The van der Waals surface area contributed by atoms with Gasteiger partial charge >= 0.3 is 11.9 Å². The van der Waals surface area contributed by atoms with Crippen molar-refractivity contribution in [2.45, 2.75) is 0 Å². The zero-order valence-corrected chi connectivity index (χ0v) is 19.0. The number of methoxy groups -OCH3 is 2. The Labute approximate surface area is 192 Å². The van der Waals surface area contributed by atoms with E-state index in [9.17, 15) is 14.7 Å². The van der Waals surface area contributed by atoms with Gasteiger partial charge in [-0.25, -0.2) is 9.59 Å². The lowest BCUT2D eigenvalue weighted by atomic mass is 10.1. The van der Waals surface area contributed by atoms with Crippen LogP contribution in [0, 0.1) is 3.57 Å². The molecule has 4 rings (SSSR count). The van der Waals surface area contributed by atoms with Crippen LogP contribution in [0.4, 0.5) is 0 Å². The summed E-state index contributed by atoms with van der Waals surface area (Å²) in [7, 11) is 2.67. The molecule has 0 fully saturated rings. The molecule has 4 aromatic rings. The third-order valence-corrected chi connectivity index (χ3v) is 5.28. The lowest BCUT2D eigenvalue weighted by molar-refractivity contribution is 0.0591. The number of hydrogen-bond acceptors (Lipinski definition) is 6. The molecule has 1 heterocycles. The van der Waals surface area contributed by atoms with Gasteiger partial charge in [0, 0.05) is 10.9 Å². The maximum atomic E-state index is 11.5. The predicted octanol–water partition coefficient (Wildman–Crippen LogP) is 5.67. The monoisotopic (exact) mass is 530 g/mol. The smallest absolute Gasteiger partial charge is 0.337 e. The molecule has 0 radical (unpaired) electrons. The van der Waals surface area contributed by atoms with Crippen molar-refractivity contribution in [3.05, 3.63) is 87.5 Å². The molecule has 31 heavy (non-hydrogen) atoms. The standard InChI is InChI=1S/C16H12O3.C8H7IO3/c1-18-16(17)13-8-7-12-9-14(19-15(12)10-13)11-5-3-2-4-6-11;1-12-8(11)5-2-3-6(9)7(10)4-5/h2-10H,1H3;2-4,10H,1H3. The first kappa shape index (κ1) is 22.4. The van der Waals surface area contributed by atoms with Gasteiger partial charge in [0.25, 0.3) is 0 Å². The van der Waals surface area contributed by atoms with Crippen molar-refractivity contribution in [2.75, 3.05) is 14.2 Å². The Morgan fingerprint density at radius 3 is 2.06 bits per heavy atom. The van der Waals surface area contributed by atoms with Crippen LogP contribution in [-0.2, 0) is 9.47 Å². The molecule has 0 aliphatic heterocycles. The first-order valence-corrected chi connectivity index (χ1v) is 10.2. The number of phenolic OH excluding ortho intramolecular Hbond substituents is 1. The first-order chi connectivity index (χ1) is 14.9. The maximum absolute atomic E-state index is 11.5. The zero-order valence-electron chi connectivity index (χ0n) is 16.8. The Bertz CT molecular complexity index is 1210. The highest BCUT2D eigenvalue weighted by Crippen LogP contribution is 2.28. The highest BCUT2D eigenvalue weighted by atomic mass is 127. The molecule has 0 saturated carbocycles. The molecule has 1 N–H and O–H groups in total. The Hall–Kier alpha value is -3.33. The van der Waals surface area contributed by atoms with E-state index in [1.807, 2.05) is 65.1 Å². The molecule has 0 bridgehead atoms. The second kappa shape index (κ2) is 10.1. The van der Waals surface area contributed by atoms with Crippen molar-refractivity contribution in [2.24, 2.45) is 0 Å². The van der Waals surface area contributed by atoms with Crippen molar-refractivity contribution < 1.29 is 28.6 Å². The molecule has 6 nitrogen and oxygen atoms in total. The zero-order chi connectivity index (χ0) is 22.4. The summed E-state index contributed by atoms with van der Waals surface area (Å²) in [5, 5.41) is 10.2. The van der Waals surface area contributed by atoms with Crippen LogP contribution < -0.4 is 0 Å². The second-order valence-electron chi connectivity index (χ2n) is 6.38. The number of esters is 2. The molecule has 1 aromatic heterocycles.